The maximum Gasteiger partial charge on any atom is 0.317 e. The summed E-state index contributed by atoms with van der Waals surface area (Å²) < 4.78 is 5.20. The van der Waals surface area contributed by atoms with Crippen molar-refractivity contribution >= 4 is 17.9 Å². The van der Waals surface area contributed by atoms with Gasteiger partial charge in [-0.2, -0.15) is 0 Å². The molecule has 0 heterocycles. The number of ether oxygens (including phenoxy) is 1. The van der Waals surface area contributed by atoms with Crippen LogP contribution in [0.3, 0.4) is 0 Å². The lowest BCUT2D eigenvalue weighted by Gasteiger charge is -2.17. The predicted molar refractivity (Wildman–Crippen MR) is 95.7 cm³/mol. The van der Waals surface area contributed by atoms with Crippen LogP contribution in [0.1, 0.15) is 44.1 Å². The Balaban J connectivity index is 2.04. The first-order valence-electron chi connectivity index (χ1n) is 8.83. The Labute approximate surface area is 153 Å². The van der Waals surface area contributed by atoms with Crippen molar-refractivity contribution < 1.29 is 29.3 Å². The van der Waals surface area contributed by atoms with Crippen LogP contribution in [-0.2, 0) is 25.7 Å². The van der Waals surface area contributed by atoms with Crippen LogP contribution in [0.5, 0.6) is 0 Å². The first-order valence-corrected chi connectivity index (χ1v) is 8.83. The number of hydrogen-bond donors (Lipinski definition) is 2. The van der Waals surface area contributed by atoms with Crippen molar-refractivity contribution in [2.45, 2.75) is 45.1 Å². The number of hydrogen-bond acceptors (Lipinski definition) is 5. The zero-order chi connectivity index (χ0) is 19.2. The van der Waals surface area contributed by atoms with Gasteiger partial charge in [-0.05, 0) is 24.9 Å². The fraction of sp³-hybridized carbons (Fsp3) is 0.526. The Bertz CT molecular complexity index is 544. The van der Waals surface area contributed by atoms with Crippen LogP contribution in [0.15, 0.2) is 30.3 Å². The van der Waals surface area contributed by atoms with Gasteiger partial charge in [-0.3, -0.25) is 19.3 Å². The second-order valence-corrected chi connectivity index (χ2v) is 6.16. The third-order valence-electron chi connectivity index (χ3n) is 3.82. The number of benzene rings is 1. The molecule has 1 aromatic rings. The molecule has 0 amide bonds. The van der Waals surface area contributed by atoms with E-state index in [2.05, 4.69) is 0 Å². The van der Waals surface area contributed by atoms with E-state index in [1.165, 1.54) is 4.90 Å². The summed E-state index contributed by atoms with van der Waals surface area (Å²) in [6.07, 6.45) is 4.55. The van der Waals surface area contributed by atoms with Gasteiger partial charge < -0.3 is 14.9 Å². The number of carbonyl (C=O) groups excluding carboxylic acids is 1. The van der Waals surface area contributed by atoms with Gasteiger partial charge in [-0.25, -0.2) is 0 Å². The number of nitrogens with zero attached hydrogens (tertiary/aromatic N) is 1. The van der Waals surface area contributed by atoms with Crippen LogP contribution in [-0.4, -0.2) is 52.7 Å². The van der Waals surface area contributed by atoms with Gasteiger partial charge in [-0.1, -0.05) is 49.6 Å². The highest BCUT2D eigenvalue weighted by Crippen LogP contribution is 2.08. The molecular weight excluding hydrogens is 338 g/mol. The number of carbonyl (C=O) groups is 3. The zero-order valence-corrected chi connectivity index (χ0v) is 14.9. The molecule has 0 aromatic heterocycles. The molecule has 0 aliphatic carbocycles. The number of aliphatic carboxylic acids is 2. The molecule has 0 radical (unpaired) electrons. The minimum absolute atomic E-state index is 0.206. The topological polar surface area (TPSA) is 104 Å². The Hall–Kier alpha value is -2.41. The van der Waals surface area contributed by atoms with Gasteiger partial charge >= 0.3 is 17.9 Å². The Morgan fingerprint density at radius 3 is 2.04 bits per heavy atom. The molecule has 144 valence electrons. The Kier molecular flexibility index (Phi) is 10.7. The molecule has 0 bridgehead atoms. The molecular formula is C19H27NO6. The standard InChI is InChI=1S/C19H27NO6/c21-17(22)13-20(14-18(23)24)12-8-3-1-2-7-11-19(25)26-15-16-9-5-4-6-10-16/h4-6,9-10H,1-3,7-8,11-15H2,(H,21,22)(H,23,24). The molecule has 1 rings (SSSR count). The molecule has 1 aromatic carbocycles. The average molecular weight is 365 g/mol. The molecule has 0 atom stereocenters. The number of carboxylic acid groups (broad SMARTS) is 2. The molecule has 0 saturated heterocycles. The van der Waals surface area contributed by atoms with Crippen LogP contribution < -0.4 is 0 Å². The van der Waals surface area contributed by atoms with Gasteiger partial charge in [0.2, 0.25) is 0 Å². The molecule has 0 fully saturated rings. The minimum Gasteiger partial charge on any atom is -0.480 e. The van der Waals surface area contributed by atoms with E-state index in [1.54, 1.807) is 0 Å². The van der Waals surface area contributed by atoms with Crippen LogP contribution >= 0.6 is 0 Å². The van der Waals surface area contributed by atoms with Crippen LogP contribution in [0, 0.1) is 0 Å². The zero-order valence-electron chi connectivity index (χ0n) is 14.9. The van der Waals surface area contributed by atoms with E-state index < -0.39 is 11.9 Å². The van der Waals surface area contributed by atoms with Crippen molar-refractivity contribution in [2.24, 2.45) is 0 Å². The largest absolute Gasteiger partial charge is 0.480 e. The van der Waals surface area contributed by atoms with Crippen molar-refractivity contribution in [3.05, 3.63) is 35.9 Å². The maximum absolute atomic E-state index is 11.7. The van der Waals surface area contributed by atoms with Crippen LogP contribution in [0.2, 0.25) is 0 Å². The third-order valence-corrected chi connectivity index (χ3v) is 3.82. The van der Waals surface area contributed by atoms with Gasteiger partial charge in [0.05, 0.1) is 13.1 Å². The van der Waals surface area contributed by atoms with Crippen LogP contribution in [0.25, 0.3) is 0 Å². The number of carboxylic acids is 2. The van der Waals surface area contributed by atoms with E-state index >= 15 is 0 Å². The maximum atomic E-state index is 11.7. The highest BCUT2D eigenvalue weighted by molar-refractivity contribution is 5.72. The molecule has 0 spiro atoms. The minimum atomic E-state index is -1.03. The second kappa shape index (κ2) is 12.9. The van der Waals surface area contributed by atoms with Gasteiger partial charge in [0.15, 0.2) is 0 Å². The van der Waals surface area contributed by atoms with E-state index in [9.17, 15) is 14.4 Å². The summed E-state index contributed by atoms with van der Waals surface area (Å²) in [7, 11) is 0. The molecule has 7 heteroatoms. The van der Waals surface area contributed by atoms with Gasteiger partial charge in [0.25, 0.3) is 0 Å². The van der Waals surface area contributed by atoms with Crippen molar-refractivity contribution in [3.63, 3.8) is 0 Å². The Morgan fingerprint density at radius 2 is 1.42 bits per heavy atom. The molecule has 0 aliphatic rings. The van der Waals surface area contributed by atoms with E-state index in [1.807, 2.05) is 30.3 Å². The summed E-state index contributed by atoms with van der Waals surface area (Å²) >= 11 is 0. The van der Waals surface area contributed by atoms with E-state index in [-0.39, 0.29) is 19.1 Å². The van der Waals surface area contributed by atoms with Crippen molar-refractivity contribution in [1.29, 1.82) is 0 Å². The van der Waals surface area contributed by atoms with E-state index in [0.717, 1.165) is 37.7 Å². The lowest BCUT2D eigenvalue weighted by molar-refractivity contribution is -0.145. The highest BCUT2D eigenvalue weighted by Gasteiger charge is 2.12. The number of unbranched alkanes of at least 4 members (excludes halogenated alkanes) is 4. The lowest BCUT2D eigenvalue weighted by atomic mass is 10.1. The summed E-state index contributed by atoms with van der Waals surface area (Å²) in [6, 6.07) is 9.53. The SMILES string of the molecule is O=C(O)CN(CCCCCCCC(=O)OCc1ccccc1)CC(=O)O. The predicted octanol–water partition coefficient (Wildman–Crippen LogP) is 2.54. The Morgan fingerprint density at radius 1 is 0.846 bits per heavy atom. The number of esters is 1. The second-order valence-electron chi connectivity index (χ2n) is 6.16. The first kappa shape index (κ1) is 21.6. The quantitative estimate of drug-likeness (QED) is 0.386. The molecule has 0 aliphatic heterocycles. The molecule has 26 heavy (non-hydrogen) atoms. The molecule has 0 saturated carbocycles. The van der Waals surface area contributed by atoms with Crippen molar-refractivity contribution in [2.75, 3.05) is 19.6 Å². The summed E-state index contributed by atoms with van der Waals surface area (Å²) in [4.78, 5) is 34.5. The molecule has 7 nitrogen and oxygen atoms in total. The molecule has 0 unspecified atom stereocenters. The highest BCUT2D eigenvalue weighted by atomic mass is 16.5. The van der Waals surface area contributed by atoms with Gasteiger partial charge in [-0.15, -0.1) is 0 Å². The average Bonchev–Trinajstić information content (AvgIpc) is 2.59. The van der Waals surface area contributed by atoms with E-state index in [4.69, 9.17) is 14.9 Å². The fourth-order valence-corrected chi connectivity index (χ4v) is 2.54. The number of rotatable bonds is 14. The fourth-order valence-electron chi connectivity index (χ4n) is 2.54. The third kappa shape index (κ3) is 11.2. The lowest BCUT2D eigenvalue weighted by Crippen LogP contribution is -2.35. The summed E-state index contributed by atoms with van der Waals surface area (Å²) in [5, 5.41) is 17.5. The van der Waals surface area contributed by atoms with Crippen molar-refractivity contribution in [1.82, 2.24) is 4.90 Å². The smallest absolute Gasteiger partial charge is 0.317 e. The van der Waals surface area contributed by atoms with Crippen LogP contribution in [0.4, 0.5) is 0 Å². The first-order chi connectivity index (χ1) is 12.5. The van der Waals surface area contributed by atoms with Gasteiger partial charge in [0, 0.05) is 6.42 Å². The summed E-state index contributed by atoms with van der Waals surface area (Å²) in [6.45, 7) is 0.208. The summed E-state index contributed by atoms with van der Waals surface area (Å²) in [5.74, 6) is -2.26. The summed E-state index contributed by atoms with van der Waals surface area (Å²) in [5.41, 5.74) is 0.966. The molecule has 2 N–H and O–H groups in total. The monoisotopic (exact) mass is 365 g/mol. The van der Waals surface area contributed by atoms with Gasteiger partial charge in [0.1, 0.15) is 6.61 Å². The normalized spacial score (nSPS) is 10.7. The van der Waals surface area contributed by atoms with Crippen molar-refractivity contribution in [3.8, 4) is 0 Å². The van der Waals surface area contributed by atoms with E-state index in [0.29, 0.717) is 19.6 Å².